The van der Waals surface area contributed by atoms with Crippen LogP contribution in [-0.4, -0.2) is 50.3 Å². The zero-order valence-electron chi connectivity index (χ0n) is 12.0. The molecule has 1 N–H and O–H groups in total. The first-order valence-corrected chi connectivity index (χ1v) is 7.11. The van der Waals surface area contributed by atoms with E-state index in [4.69, 9.17) is 4.74 Å². The number of methoxy groups -OCH3 is 1. The topological polar surface area (TPSA) is 24.5 Å². The van der Waals surface area contributed by atoms with Crippen LogP contribution in [0.1, 0.15) is 40.0 Å². The maximum atomic E-state index is 5.11. The van der Waals surface area contributed by atoms with Crippen LogP contribution in [0.25, 0.3) is 0 Å². The van der Waals surface area contributed by atoms with Crippen molar-refractivity contribution < 1.29 is 4.74 Å². The second-order valence-electron chi connectivity index (χ2n) is 5.64. The smallest absolute Gasteiger partial charge is 0.0462 e. The Kier molecular flexibility index (Phi) is 7.09. The molecule has 2 unspecified atom stereocenters. The van der Waals surface area contributed by atoms with Crippen molar-refractivity contribution in [3.8, 4) is 0 Å². The lowest BCUT2D eigenvalue weighted by Gasteiger charge is -2.30. The third-order valence-electron chi connectivity index (χ3n) is 3.87. The van der Waals surface area contributed by atoms with Crippen LogP contribution in [0, 0.1) is 5.92 Å². The van der Waals surface area contributed by atoms with Crippen molar-refractivity contribution in [3.05, 3.63) is 0 Å². The van der Waals surface area contributed by atoms with E-state index in [9.17, 15) is 0 Å². The van der Waals surface area contributed by atoms with Gasteiger partial charge in [-0.2, -0.15) is 0 Å². The van der Waals surface area contributed by atoms with E-state index in [1.54, 1.807) is 7.11 Å². The van der Waals surface area contributed by atoms with Gasteiger partial charge in [0.2, 0.25) is 0 Å². The van der Waals surface area contributed by atoms with Crippen molar-refractivity contribution in [2.24, 2.45) is 5.92 Å². The molecule has 3 heteroatoms. The minimum absolute atomic E-state index is 0.655. The van der Waals surface area contributed by atoms with E-state index >= 15 is 0 Å². The van der Waals surface area contributed by atoms with E-state index < -0.39 is 0 Å². The number of ether oxygens (including phenoxy) is 1. The predicted octanol–water partition coefficient (Wildman–Crippen LogP) is 2.12. The summed E-state index contributed by atoms with van der Waals surface area (Å²) in [6.07, 6.45) is 3.70. The molecular weight excluding hydrogens is 212 g/mol. The van der Waals surface area contributed by atoms with Gasteiger partial charge in [-0.05, 0) is 45.2 Å². The Morgan fingerprint density at radius 1 is 1.35 bits per heavy atom. The number of rotatable bonds is 6. The molecule has 2 atom stereocenters. The first-order valence-electron chi connectivity index (χ1n) is 7.11. The summed E-state index contributed by atoms with van der Waals surface area (Å²) in [5.74, 6) is 0.724. The second-order valence-corrected chi connectivity index (χ2v) is 5.64. The molecule has 0 saturated carbocycles. The molecule has 0 bridgehead atoms. The van der Waals surface area contributed by atoms with Gasteiger partial charge in [-0.3, -0.25) is 4.90 Å². The van der Waals surface area contributed by atoms with Gasteiger partial charge in [-0.1, -0.05) is 13.8 Å². The van der Waals surface area contributed by atoms with Crippen molar-refractivity contribution in [1.29, 1.82) is 0 Å². The Balaban J connectivity index is 2.36. The van der Waals surface area contributed by atoms with Crippen LogP contribution in [0.3, 0.4) is 0 Å². The van der Waals surface area contributed by atoms with E-state index in [2.05, 4.69) is 31.0 Å². The van der Waals surface area contributed by atoms with E-state index in [-0.39, 0.29) is 0 Å². The van der Waals surface area contributed by atoms with Crippen molar-refractivity contribution in [2.45, 2.75) is 52.1 Å². The molecule has 1 saturated heterocycles. The fraction of sp³-hybridized carbons (Fsp3) is 1.00. The normalized spacial score (nSPS) is 27.4. The molecule has 0 aromatic heterocycles. The molecule has 102 valence electrons. The van der Waals surface area contributed by atoms with Crippen LogP contribution in [0.2, 0.25) is 0 Å². The number of nitrogens with one attached hydrogen (secondary N) is 1. The highest BCUT2D eigenvalue weighted by Crippen LogP contribution is 2.14. The zero-order valence-corrected chi connectivity index (χ0v) is 12.0. The largest absolute Gasteiger partial charge is 0.385 e. The van der Waals surface area contributed by atoms with Gasteiger partial charge in [-0.25, -0.2) is 0 Å². The van der Waals surface area contributed by atoms with E-state index in [1.165, 1.54) is 38.9 Å². The SMILES string of the molecule is COCCCCN1CC(C(C)C)NCCC1C. The van der Waals surface area contributed by atoms with Gasteiger partial charge in [0.15, 0.2) is 0 Å². The number of hydrogen-bond donors (Lipinski definition) is 1. The molecular formula is C14H30N2O. The lowest BCUT2D eigenvalue weighted by atomic mass is 10.0. The van der Waals surface area contributed by atoms with Crippen molar-refractivity contribution in [2.75, 3.05) is 33.4 Å². The van der Waals surface area contributed by atoms with Gasteiger partial charge in [0.05, 0.1) is 0 Å². The van der Waals surface area contributed by atoms with Gasteiger partial charge in [-0.15, -0.1) is 0 Å². The fourth-order valence-electron chi connectivity index (χ4n) is 2.48. The summed E-state index contributed by atoms with van der Waals surface area (Å²) in [4.78, 5) is 2.65. The Bertz CT molecular complexity index is 197. The average molecular weight is 242 g/mol. The third kappa shape index (κ3) is 5.36. The van der Waals surface area contributed by atoms with Gasteiger partial charge >= 0.3 is 0 Å². The first kappa shape index (κ1) is 14.9. The summed E-state index contributed by atoms with van der Waals surface area (Å²) in [7, 11) is 1.78. The molecule has 0 radical (unpaired) electrons. The van der Waals surface area contributed by atoms with E-state index in [0.29, 0.717) is 12.1 Å². The lowest BCUT2D eigenvalue weighted by Crippen LogP contribution is -2.43. The molecule has 0 spiro atoms. The lowest BCUT2D eigenvalue weighted by molar-refractivity contribution is 0.164. The Labute approximate surface area is 107 Å². The van der Waals surface area contributed by atoms with Gasteiger partial charge in [0.25, 0.3) is 0 Å². The summed E-state index contributed by atoms with van der Waals surface area (Å²) in [5, 5.41) is 3.68. The highest BCUT2D eigenvalue weighted by Gasteiger charge is 2.23. The molecule has 1 fully saturated rings. The summed E-state index contributed by atoms with van der Waals surface area (Å²) in [6.45, 7) is 11.5. The van der Waals surface area contributed by atoms with Crippen molar-refractivity contribution >= 4 is 0 Å². The standard InChI is InChI=1S/C14H30N2O/c1-12(2)14-11-16(9-5-6-10-17-4)13(3)7-8-15-14/h12-15H,5-11H2,1-4H3. The van der Waals surface area contributed by atoms with Crippen LogP contribution in [0.5, 0.6) is 0 Å². The second kappa shape index (κ2) is 8.06. The Hall–Kier alpha value is -0.120. The van der Waals surface area contributed by atoms with Gasteiger partial charge in [0.1, 0.15) is 0 Å². The van der Waals surface area contributed by atoms with Crippen molar-refractivity contribution in [1.82, 2.24) is 10.2 Å². The summed E-state index contributed by atoms with van der Waals surface area (Å²) < 4.78 is 5.11. The Morgan fingerprint density at radius 2 is 2.12 bits per heavy atom. The number of hydrogen-bond acceptors (Lipinski definition) is 3. The molecule has 1 aliphatic rings. The van der Waals surface area contributed by atoms with E-state index in [1.807, 2.05) is 0 Å². The molecule has 1 aliphatic heterocycles. The summed E-state index contributed by atoms with van der Waals surface area (Å²) in [5.41, 5.74) is 0. The maximum absolute atomic E-state index is 5.11. The van der Waals surface area contributed by atoms with Crippen LogP contribution >= 0.6 is 0 Å². The van der Waals surface area contributed by atoms with Crippen LogP contribution < -0.4 is 5.32 Å². The molecule has 0 aromatic rings. The van der Waals surface area contributed by atoms with Crippen LogP contribution in [-0.2, 0) is 4.74 Å². The minimum atomic E-state index is 0.655. The van der Waals surface area contributed by atoms with Gasteiger partial charge in [0, 0.05) is 32.3 Å². The highest BCUT2D eigenvalue weighted by atomic mass is 16.5. The minimum Gasteiger partial charge on any atom is -0.385 e. The highest BCUT2D eigenvalue weighted by molar-refractivity contribution is 4.82. The first-order chi connectivity index (χ1) is 8.15. The quantitative estimate of drug-likeness (QED) is 0.722. The molecule has 3 nitrogen and oxygen atoms in total. The van der Waals surface area contributed by atoms with Crippen LogP contribution in [0.4, 0.5) is 0 Å². The third-order valence-corrected chi connectivity index (χ3v) is 3.87. The molecule has 0 aliphatic carbocycles. The van der Waals surface area contributed by atoms with E-state index in [0.717, 1.165) is 12.5 Å². The summed E-state index contributed by atoms with van der Waals surface area (Å²) in [6, 6.07) is 1.37. The molecule has 17 heavy (non-hydrogen) atoms. The van der Waals surface area contributed by atoms with Gasteiger partial charge < -0.3 is 10.1 Å². The average Bonchev–Trinajstić information content (AvgIpc) is 2.47. The van der Waals surface area contributed by atoms with Crippen LogP contribution in [0.15, 0.2) is 0 Å². The summed E-state index contributed by atoms with van der Waals surface area (Å²) >= 11 is 0. The molecule has 0 amide bonds. The molecule has 0 aromatic carbocycles. The predicted molar refractivity (Wildman–Crippen MR) is 73.4 cm³/mol. The Morgan fingerprint density at radius 3 is 2.76 bits per heavy atom. The number of unbranched alkanes of at least 4 members (excludes halogenated alkanes) is 1. The fourth-order valence-corrected chi connectivity index (χ4v) is 2.48. The number of nitrogens with zero attached hydrogens (tertiary/aromatic N) is 1. The van der Waals surface area contributed by atoms with Crippen molar-refractivity contribution in [3.63, 3.8) is 0 Å². The molecule has 1 rings (SSSR count). The maximum Gasteiger partial charge on any atom is 0.0462 e. The monoisotopic (exact) mass is 242 g/mol. The molecule has 1 heterocycles. The zero-order chi connectivity index (χ0) is 12.7.